The highest BCUT2D eigenvalue weighted by Crippen LogP contribution is 2.37. The Bertz CT molecular complexity index is 974. The van der Waals surface area contributed by atoms with Gasteiger partial charge in [0.25, 0.3) is 0 Å². The second-order valence-corrected chi connectivity index (χ2v) is 7.04. The topological polar surface area (TPSA) is 53.9 Å². The van der Waals surface area contributed by atoms with Crippen molar-refractivity contribution < 1.29 is 13.2 Å². The summed E-state index contributed by atoms with van der Waals surface area (Å²) in [6.45, 7) is 3.05. The van der Waals surface area contributed by atoms with Crippen LogP contribution in [0.4, 0.5) is 24.8 Å². The second kappa shape index (κ2) is 7.69. The molecular formula is C21H20F3N5. The number of nitrogens with zero attached hydrogens (tertiary/aromatic N) is 4. The molecule has 1 unspecified atom stereocenters. The molecule has 8 heteroatoms. The fourth-order valence-electron chi connectivity index (χ4n) is 3.44. The minimum absolute atomic E-state index is 0.139. The number of aromatic nitrogens is 3. The third-order valence-electron chi connectivity index (χ3n) is 4.96. The third-order valence-corrected chi connectivity index (χ3v) is 4.96. The van der Waals surface area contributed by atoms with Crippen LogP contribution < -0.4 is 10.2 Å². The largest absolute Gasteiger partial charge is 0.412 e. The number of aryl methyl sites for hydroxylation is 1. The Labute approximate surface area is 166 Å². The van der Waals surface area contributed by atoms with E-state index in [9.17, 15) is 13.2 Å². The third kappa shape index (κ3) is 4.16. The van der Waals surface area contributed by atoms with Gasteiger partial charge in [0.15, 0.2) is 0 Å². The number of benzene rings is 1. The molecule has 2 aromatic heterocycles. The smallest absolute Gasteiger partial charge is 0.355 e. The van der Waals surface area contributed by atoms with Gasteiger partial charge in [0.1, 0.15) is 24.0 Å². The number of alkyl halides is 3. The van der Waals surface area contributed by atoms with Gasteiger partial charge < -0.3 is 10.2 Å². The van der Waals surface area contributed by atoms with Crippen molar-refractivity contribution in [2.75, 3.05) is 16.8 Å². The monoisotopic (exact) mass is 399 g/mol. The maximum Gasteiger partial charge on any atom is 0.412 e. The standard InChI is InChI=1S/C21H20F3N5/c1-14-7-8-18(25-11-14)29-10-9-17-16(12-29)20(27-13-26-17)28-19(21(22,23)24)15-5-3-2-4-6-15/h2-8,11,13,19H,9-10,12H2,1H3,(H,26,27,28). The van der Waals surface area contributed by atoms with Crippen molar-refractivity contribution >= 4 is 11.6 Å². The molecule has 1 aliphatic heterocycles. The summed E-state index contributed by atoms with van der Waals surface area (Å²) in [5, 5.41) is 2.62. The van der Waals surface area contributed by atoms with Crippen LogP contribution in [0.2, 0.25) is 0 Å². The van der Waals surface area contributed by atoms with Gasteiger partial charge in [-0.1, -0.05) is 36.4 Å². The first-order valence-electron chi connectivity index (χ1n) is 9.30. The molecule has 3 heterocycles. The van der Waals surface area contributed by atoms with Gasteiger partial charge in [-0.25, -0.2) is 15.0 Å². The van der Waals surface area contributed by atoms with E-state index in [-0.39, 0.29) is 11.4 Å². The second-order valence-electron chi connectivity index (χ2n) is 7.04. The van der Waals surface area contributed by atoms with E-state index in [1.54, 1.807) is 24.4 Å². The van der Waals surface area contributed by atoms with Crippen LogP contribution in [0.1, 0.15) is 28.4 Å². The SMILES string of the molecule is Cc1ccc(N2CCc3ncnc(NC(c4ccccc4)C(F)(F)F)c3C2)nc1. The van der Waals surface area contributed by atoms with E-state index in [1.807, 2.05) is 24.0 Å². The molecule has 0 bridgehead atoms. The molecule has 0 spiro atoms. The van der Waals surface area contributed by atoms with Gasteiger partial charge in [-0.15, -0.1) is 0 Å². The van der Waals surface area contributed by atoms with Crippen molar-refractivity contribution in [3.05, 3.63) is 77.4 Å². The minimum atomic E-state index is -4.47. The van der Waals surface area contributed by atoms with Gasteiger partial charge in [-0.2, -0.15) is 13.2 Å². The predicted molar refractivity (Wildman–Crippen MR) is 105 cm³/mol. The molecule has 0 amide bonds. The Kier molecular flexibility index (Phi) is 5.08. The molecule has 1 aromatic carbocycles. The lowest BCUT2D eigenvalue weighted by Crippen LogP contribution is -2.34. The maximum atomic E-state index is 13.8. The fourth-order valence-corrected chi connectivity index (χ4v) is 3.44. The molecule has 150 valence electrons. The molecule has 5 nitrogen and oxygen atoms in total. The zero-order valence-electron chi connectivity index (χ0n) is 15.8. The Hall–Kier alpha value is -3.16. The van der Waals surface area contributed by atoms with Crippen LogP contribution in [0.15, 0.2) is 55.0 Å². The van der Waals surface area contributed by atoms with Gasteiger partial charge in [-0.05, 0) is 24.1 Å². The number of halogens is 3. The van der Waals surface area contributed by atoms with Gasteiger partial charge >= 0.3 is 6.18 Å². The lowest BCUT2D eigenvalue weighted by atomic mass is 10.0. The summed E-state index contributed by atoms with van der Waals surface area (Å²) < 4.78 is 41.3. The van der Waals surface area contributed by atoms with E-state index in [2.05, 4.69) is 20.3 Å². The maximum absolute atomic E-state index is 13.8. The molecule has 1 N–H and O–H groups in total. The first-order valence-corrected chi connectivity index (χ1v) is 9.30. The van der Waals surface area contributed by atoms with Crippen LogP contribution in [0.25, 0.3) is 0 Å². The molecule has 0 saturated carbocycles. The number of hydrogen-bond acceptors (Lipinski definition) is 5. The van der Waals surface area contributed by atoms with Gasteiger partial charge in [0.2, 0.25) is 0 Å². The molecule has 4 rings (SSSR count). The molecular weight excluding hydrogens is 379 g/mol. The average Bonchev–Trinajstić information content (AvgIpc) is 2.72. The number of anilines is 2. The number of fused-ring (bicyclic) bond motifs is 1. The molecule has 3 aromatic rings. The predicted octanol–water partition coefficient (Wildman–Crippen LogP) is 4.46. The molecule has 0 saturated heterocycles. The Morgan fingerprint density at radius 2 is 1.83 bits per heavy atom. The highest BCUT2D eigenvalue weighted by atomic mass is 19.4. The Morgan fingerprint density at radius 1 is 1.03 bits per heavy atom. The molecule has 0 fully saturated rings. The van der Waals surface area contributed by atoms with Crippen molar-refractivity contribution in [2.45, 2.75) is 32.1 Å². The van der Waals surface area contributed by atoms with E-state index in [0.717, 1.165) is 17.1 Å². The van der Waals surface area contributed by atoms with Gasteiger partial charge in [0.05, 0.1) is 5.69 Å². The zero-order valence-corrected chi connectivity index (χ0v) is 15.8. The first kappa shape index (κ1) is 19.2. The molecule has 29 heavy (non-hydrogen) atoms. The quantitative estimate of drug-likeness (QED) is 0.702. The van der Waals surface area contributed by atoms with Crippen molar-refractivity contribution in [2.24, 2.45) is 0 Å². The lowest BCUT2D eigenvalue weighted by Gasteiger charge is -2.31. The van der Waals surface area contributed by atoms with Gasteiger partial charge in [-0.3, -0.25) is 0 Å². The van der Waals surface area contributed by atoms with Crippen LogP contribution in [0, 0.1) is 6.92 Å². The molecule has 1 atom stereocenters. The minimum Gasteiger partial charge on any atom is -0.355 e. The Morgan fingerprint density at radius 3 is 2.52 bits per heavy atom. The zero-order chi connectivity index (χ0) is 20.4. The van der Waals surface area contributed by atoms with E-state index in [0.29, 0.717) is 25.1 Å². The summed E-state index contributed by atoms with van der Waals surface area (Å²) in [4.78, 5) is 14.9. The summed E-state index contributed by atoms with van der Waals surface area (Å²) in [6, 6.07) is 9.83. The van der Waals surface area contributed by atoms with E-state index < -0.39 is 12.2 Å². The summed E-state index contributed by atoms with van der Waals surface area (Å²) in [5.41, 5.74) is 2.62. The summed E-state index contributed by atoms with van der Waals surface area (Å²) >= 11 is 0. The van der Waals surface area contributed by atoms with E-state index in [4.69, 9.17) is 0 Å². The van der Waals surface area contributed by atoms with Crippen LogP contribution in [-0.4, -0.2) is 27.7 Å². The van der Waals surface area contributed by atoms with Crippen LogP contribution >= 0.6 is 0 Å². The summed E-state index contributed by atoms with van der Waals surface area (Å²) in [5.74, 6) is 0.990. The highest BCUT2D eigenvalue weighted by Gasteiger charge is 2.41. The van der Waals surface area contributed by atoms with Crippen molar-refractivity contribution in [3.63, 3.8) is 0 Å². The van der Waals surface area contributed by atoms with Crippen LogP contribution in [-0.2, 0) is 13.0 Å². The summed E-state index contributed by atoms with van der Waals surface area (Å²) in [6.07, 6.45) is -0.754. The van der Waals surface area contributed by atoms with Crippen LogP contribution in [0.5, 0.6) is 0 Å². The normalized spacial score (nSPS) is 15.0. The molecule has 0 radical (unpaired) electrons. The first-order chi connectivity index (χ1) is 13.9. The molecule has 1 aliphatic rings. The number of nitrogens with one attached hydrogen (secondary N) is 1. The Balaban J connectivity index is 1.65. The number of hydrogen-bond donors (Lipinski definition) is 1. The highest BCUT2D eigenvalue weighted by molar-refractivity contribution is 5.53. The van der Waals surface area contributed by atoms with E-state index >= 15 is 0 Å². The van der Waals surface area contributed by atoms with Crippen molar-refractivity contribution in [1.29, 1.82) is 0 Å². The van der Waals surface area contributed by atoms with Gasteiger partial charge in [0, 0.05) is 31.3 Å². The van der Waals surface area contributed by atoms with E-state index in [1.165, 1.54) is 18.5 Å². The number of pyridine rings is 1. The summed E-state index contributed by atoms with van der Waals surface area (Å²) in [7, 11) is 0. The number of rotatable bonds is 4. The fraction of sp³-hybridized carbons (Fsp3) is 0.286. The van der Waals surface area contributed by atoms with Crippen molar-refractivity contribution in [3.8, 4) is 0 Å². The average molecular weight is 399 g/mol. The van der Waals surface area contributed by atoms with Crippen molar-refractivity contribution in [1.82, 2.24) is 15.0 Å². The van der Waals surface area contributed by atoms with Crippen LogP contribution in [0.3, 0.4) is 0 Å². The molecule has 0 aliphatic carbocycles. The lowest BCUT2D eigenvalue weighted by molar-refractivity contribution is -0.144.